The molecule has 0 amide bonds. The molecule has 0 aliphatic carbocycles. The summed E-state index contributed by atoms with van der Waals surface area (Å²) in [6.07, 6.45) is 2.05. The van der Waals surface area contributed by atoms with E-state index in [9.17, 15) is 4.79 Å². The van der Waals surface area contributed by atoms with Crippen LogP contribution in [0.2, 0.25) is 0 Å². The van der Waals surface area contributed by atoms with Crippen molar-refractivity contribution >= 4 is 12.2 Å². The summed E-state index contributed by atoms with van der Waals surface area (Å²) < 4.78 is 4.56. The predicted octanol–water partition coefficient (Wildman–Crippen LogP) is 0.710. The molecule has 0 saturated heterocycles. The standard InChI is InChI=1S/C12H16N2O3/c1-16-12(15)11(13)7-9-3-5-10(6-4-9)8-14-17-2/h3-6,8,11H,7,13H2,1-2H3/b14-8+. The number of carbonyl (C=O) groups is 1. The van der Waals surface area contributed by atoms with E-state index in [1.807, 2.05) is 24.3 Å². The Morgan fingerprint density at radius 1 is 1.41 bits per heavy atom. The monoisotopic (exact) mass is 236 g/mol. The predicted molar refractivity (Wildman–Crippen MR) is 64.7 cm³/mol. The lowest BCUT2D eigenvalue weighted by Gasteiger charge is -2.08. The van der Waals surface area contributed by atoms with Crippen LogP contribution in [0.3, 0.4) is 0 Å². The van der Waals surface area contributed by atoms with E-state index in [0.29, 0.717) is 6.42 Å². The number of rotatable bonds is 5. The minimum Gasteiger partial charge on any atom is -0.468 e. The van der Waals surface area contributed by atoms with Crippen LogP contribution in [-0.4, -0.2) is 32.4 Å². The Hall–Kier alpha value is -1.88. The van der Waals surface area contributed by atoms with Gasteiger partial charge in [0.25, 0.3) is 0 Å². The molecule has 0 aromatic heterocycles. The zero-order chi connectivity index (χ0) is 12.7. The Kier molecular flexibility index (Phi) is 5.16. The second-order valence-corrected chi connectivity index (χ2v) is 3.49. The van der Waals surface area contributed by atoms with Gasteiger partial charge in [0.05, 0.1) is 13.3 Å². The highest BCUT2D eigenvalue weighted by Crippen LogP contribution is 2.05. The van der Waals surface area contributed by atoms with Gasteiger partial charge in [-0.05, 0) is 17.5 Å². The van der Waals surface area contributed by atoms with E-state index in [-0.39, 0.29) is 0 Å². The first kappa shape index (κ1) is 13.2. The van der Waals surface area contributed by atoms with Gasteiger partial charge in [0, 0.05) is 0 Å². The molecule has 1 atom stereocenters. The summed E-state index contributed by atoms with van der Waals surface area (Å²) in [5, 5.41) is 3.65. The minimum atomic E-state index is -0.626. The first-order valence-corrected chi connectivity index (χ1v) is 5.16. The largest absolute Gasteiger partial charge is 0.468 e. The molecule has 1 unspecified atom stereocenters. The van der Waals surface area contributed by atoms with Gasteiger partial charge in [0.1, 0.15) is 13.2 Å². The molecule has 0 radical (unpaired) electrons. The number of hydrogen-bond acceptors (Lipinski definition) is 5. The van der Waals surface area contributed by atoms with Crippen molar-refractivity contribution in [2.75, 3.05) is 14.2 Å². The number of hydrogen-bond donors (Lipinski definition) is 1. The van der Waals surface area contributed by atoms with Gasteiger partial charge in [-0.3, -0.25) is 4.79 Å². The molecular formula is C12H16N2O3. The molecule has 0 fully saturated rings. The Morgan fingerprint density at radius 3 is 2.59 bits per heavy atom. The fourth-order valence-corrected chi connectivity index (χ4v) is 1.34. The highest BCUT2D eigenvalue weighted by atomic mass is 16.6. The maximum Gasteiger partial charge on any atom is 0.322 e. The molecule has 1 aromatic rings. The molecule has 2 N–H and O–H groups in total. The summed E-state index contributed by atoms with van der Waals surface area (Å²) in [5.41, 5.74) is 7.55. The molecule has 1 rings (SSSR count). The number of esters is 1. The van der Waals surface area contributed by atoms with E-state index in [2.05, 4.69) is 14.7 Å². The zero-order valence-electron chi connectivity index (χ0n) is 9.92. The van der Waals surface area contributed by atoms with Gasteiger partial charge in [-0.2, -0.15) is 0 Å². The van der Waals surface area contributed by atoms with Crippen LogP contribution in [0.1, 0.15) is 11.1 Å². The van der Waals surface area contributed by atoms with Crippen molar-refractivity contribution in [2.24, 2.45) is 10.9 Å². The van der Waals surface area contributed by atoms with Gasteiger partial charge in [-0.15, -0.1) is 0 Å². The lowest BCUT2D eigenvalue weighted by atomic mass is 10.1. The highest BCUT2D eigenvalue weighted by Gasteiger charge is 2.13. The molecule has 1 aromatic carbocycles. The quantitative estimate of drug-likeness (QED) is 0.464. The van der Waals surface area contributed by atoms with Crippen LogP contribution in [0.15, 0.2) is 29.4 Å². The van der Waals surface area contributed by atoms with E-state index in [1.165, 1.54) is 14.2 Å². The number of nitrogens with zero attached hydrogens (tertiary/aromatic N) is 1. The number of carbonyl (C=O) groups excluding carboxylic acids is 1. The second kappa shape index (κ2) is 6.65. The maximum atomic E-state index is 11.1. The molecule has 92 valence electrons. The highest BCUT2D eigenvalue weighted by molar-refractivity contribution is 5.79. The van der Waals surface area contributed by atoms with E-state index < -0.39 is 12.0 Å². The lowest BCUT2D eigenvalue weighted by molar-refractivity contribution is -0.142. The Bertz CT molecular complexity index is 387. The van der Waals surface area contributed by atoms with Crippen LogP contribution in [0.5, 0.6) is 0 Å². The van der Waals surface area contributed by atoms with Crippen LogP contribution in [-0.2, 0) is 20.8 Å². The van der Waals surface area contributed by atoms with Crippen LogP contribution in [0.25, 0.3) is 0 Å². The molecule has 0 heterocycles. The van der Waals surface area contributed by atoms with Gasteiger partial charge < -0.3 is 15.3 Å². The molecule has 0 bridgehead atoms. The Balaban J connectivity index is 2.62. The topological polar surface area (TPSA) is 73.9 Å². The van der Waals surface area contributed by atoms with Gasteiger partial charge in [-0.1, -0.05) is 29.4 Å². The summed E-state index contributed by atoms with van der Waals surface area (Å²) in [6.45, 7) is 0. The smallest absolute Gasteiger partial charge is 0.322 e. The first-order valence-electron chi connectivity index (χ1n) is 5.16. The number of ether oxygens (including phenoxy) is 1. The third kappa shape index (κ3) is 4.24. The molecule has 0 aliphatic rings. The Labute approximate surface area is 100 Å². The average molecular weight is 236 g/mol. The van der Waals surface area contributed by atoms with Crippen molar-refractivity contribution in [3.05, 3.63) is 35.4 Å². The van der Waals surface area contributed by atoms with Crippen molar-refractivity contribution in [3.8, 4) is 0 Å². The van der Waals surface area contributed by atoms with Crippen molar-refractivity contribution in [2.45, 2.75) is 12.5 Å². The molecule has 0 spiro atoms. The summed E-state index contributed by atoms with van der Waals surface area (Å²) in [5.74, 6) is -0.407. The van der Waals surface area contributed by atoms with E-state index in [0.717, 1.165) is 11.1 Å². The minimum absolute atomic E-state index is 0.407. The molecule has 0 aliphatic heterocycles. The number of oxime groups is 1. The lowest BCUT2D eigenvalue weighted by Crippen LogP contribution is -2.33. The summed E-state index contributed by atoms with van der Waals surface area (Å²) >= 11 is 0. The fraction of sp³-hybridized carbons (Fsp3) is 0.333. The van der Waals surface area contributed by atoms with Crippen molar-refractivity contribution in [1.29, 1.82) is 0 Å². The molecule has 5 heteroatoms. The molecule has 0 saturated carbocycles. The van der Waals surface area contributed by atoms with Crippen molar-refractivity contribution in [3.63, 3.8) is 0 Å². The van der Waals surface area contributed by atoms with Crippen LogP contribution >= 0.6 is 0 Å². The third-order valence-electron chi connectivity index (χ3n) is 2.25. The van der Waals surface area contributed by atoms with Gasteiger partial charge in [-0.25, -0.2) is 0 Å². The van der Waals surface area contributed by atoms with Gasteiger partial charge >= 0.3 is 5.97 Å². The van der Waals surface area contributed by atoms with E-state index in [1.54, 1.807) is 6.21 Å². The number of benzene rings is 1. The summed E-state index contributed by atoms with van der Waals surface area (Å²) in [4.78, 5) is 15.7. The van der Waals surface area contributed by atoms with Crippen LogP contribution in [0, 0.1) is 0 Å². The SMILES string of the molecule is CO/N=C/c1ccc(CC(N)C(=O)OC)cc1. The fourth-order valence-electron chi connectivity index (χ4n) is 1.34. The van der Waals surface area contributed by atoms with E-state index in [4.69, 9.17) is 5.73 Å². The number of nitrogens with two attached hydrogens (primary N) is 1. The average Bonchev–Trinajstić information content (AvgIpc) is 2.37. The molecular weight excluding hydrogens is 220 g/mol. The first-order chi connectivity index (χ1) is 8.17. The van der Waals surface area contributed by atoms with Crippen LogP contribution in [0.4, 0.5) is 0 Å². The molecule has 17 heavy (non-hydrogen) atoms. The Morgan fingerprint density at radius 2 is 2.06 bits per heavy atom. The molecule has 5 nitrogen and oxygen atoms in total. The van der Waals surface area contributed by atoms with E-state index >= 15 is 0 Å². The number of methoxy groups -OCH3 is 1. The van der Waals surface area contributed by atoms with Crippen LogP contribution < -0.4 is 5.73 Å². The van der Waals surface area contributed by atoms with Crippen molar-refractivity contribution in [1.82, 2.24) is 0 Å². The second-order valence-electron chi connectivity index (χ2n) is 3.49. The summed E-state index contributed by atoms with van der Waals surface area (Å²) in [6, 6.07) is 6.90. The third-order valence-corrected chi connectivity index (χ3v) is 2.25. The van der Waals surface area contributed by atoms with Gasteiger partial charge in [0.2, 0.25) is 0 Å². The van der Waals surface area contributed by atoms with Crippen molar-refractivity contribution < 1.29 is 14.4 Å². The maximum absolute atomic E-state index is 11.1. The summed E-state index contributed by atoms with van der Waals surface area (Å²) in [7, 11) is 2.81. The zero-order valence-corrected chi connectivity index (χ0v) is 9.92. The normalized spacial score (nSPS) is 12.4. The van der Waals surface area contributed by atoms with Gasteiger partial charge in [0.15, 0.2) is 0 Å².